The zero-order chi connectivity index (χ0) is 16.6. The van der Waals surface area contributed by atoms with Crippen LogP contribution in [-0.4, -0.2) is 9.38 Å². The molecule has 1 aromatic carbocycles. The van der Waals surface area contributed by atoms with E-state index in [0.29, 0.717) is 0 Å². The van der Waals surface area contributed by atoms with Gasteiger partial charge in [-0.05, 0) is 49.2 Å². The summed E-state index contributed by atoms with van der Waals surface area (Å²) < 4.78 is 1.99. The summed E-state index contributed by atoms with van der Waals surface area (Å²) in [5.74, 6) is 0.798. The Morgan fingerprint density at radius 3 is 2.43 bits per heavy atom. The molecule has 2 aromatic heterocycles. The summed E-state index contributed by atoms with van der Waals surface area (Å²) in [6.45, 7) is 10.6. The third kappa shape index (κ3) is 3.02. The highest BCUT2D eigenvalue weighted by molar-refractivity contribution is 5.54. The largest absolute Gasteiger partial charge is 0.283 e. The molecule has 0 unspecified atom stereocenters. The Morgan fingerprint density at radius 2 is 1.74 bits per heavy atom. The van der Waals surface area contributed by atoms with Crippen molar-refractivity contribution >= 4 is 17.2 Å². The van der Waals surface area contributed by atoms with E-state index >= 15 is 0 Å². The van der Waals surface area contributed by atoms with Gasteiger partial charge in [-0.15, -0.1) is 10.2 Å². The van der Waals surface area contributed by atoms with Gasteiger partial charge in [-0.25, -0.2) is 4.98 Å². The second-order valence-electron chi connectivity index (χ2n) is 6.93. The number of azo groups is 1. The fourth-order valence-electron chi connectivity index (χ4n) is 2.47. The van der Waals surface area contributed by atoms with E-state index in [-0.39, 0.29) is 5.41 Å². The number of fused-ring (bicyclic) bond motifs is 1. The van der Waals surface area contributed by atoms with Gasteiger partial charge in [-0.3, -0.25) is 4.40 Å². The van der Waals surface area contributed by atoms with Gasteiger partial charge in [0.15, 0.2) is 5.82 Å². The first-order valence-electron chi connectivity index (χ1n) is 7.83. The first-order chi connectivity index (χ1) is 10.9. The van der Waals surface area contributed by atoms with Crippen molar-refractivity contribution in [2.24, 2.45) is 10.2 Å². The fraction of sp³-hybridized carbons (Fsp3) is 0.316. The molecule has 0 aliphatic carbocycles. The van der Waals surface area contributed by atoms with Crippen LogP contribution in [-0.2, 0) is 5.41 Å². The number of pyridine rings is 1. The van der Waals surface area contributed by atoms with Crippen LogP contribution >= 0.6 is 0 Å². The molecule has 0 amide bonds. The number of rotatable bonds is 2. The molecule has 0 saturated heterocycles. The molecular weight excluding hydrogens is 284 g/mol. The molecule has 4 nitrogen and oxygen atoms in total. The summed E-state index contributed by atoms with van der Waals surface area (Å²) >= 11 is 0. The molecule has 0 radical (unpaired) electrons. The van der Waals surface area contributed by atoms with Gasteiger partial charge in [0.05, 0.1) is 11.4 Å². The van der Waals surface area contributed by atoms with Gasteiger partial charge in [-0.2, -0.15) is 0 Å². The number of imidazole rings is 1. The van der Waals surface area contributed by atoms with Crippen molar-refractivity contribution in [3.8, 4) is 0 Å². The Balaban J connectivity index is 2.11. The van der Waals surface area contributed by atoms with Crippen molar-refractivity contribution in [2.75, 3.05) is 0 Å². The molecule has 0 aliphatic heterocycles. The first kappa shape index (κ1) is 15.4. The van der Waals surface area contributed by atoms with Crippen LogP contribution in [0.4, 0.5) is 11.5 Å². The van der Waals surface area contributed by atoms with E-state index in [2.05, 4.69) is 57.0 Å². The lowest BCUT2D eigenvalue weighted by Crippen LogP contribution is -2.11. The topological polar surface area (TPSA) is 42.0 Å². The number of hydrogen-bond acceptors (Lipinski definition) is 3. The molecule has 0 atom stereocenters. The summed E-state index contributed by atoms with van der Waals surface area (Å²) in [5, 5.41) is 8.97. The van der Waals surface area contributed by atoms with Gasteiger partial charge in [0, 0.05) is 11.6 Å². The molecule has 3 rings (SSSR count). The number of aryl methyl sites for hydroxylation is 2. The minimum atomic E-state index is -0.0937. The molecule has 0 aliphatic rings. The zero-order valence-electron chi connectivity index (χ0n) is 14.3. The van der Waals surface area contributed by atoms with Gasteiger partial charge in [0.2, 0.25) is 0 Å². The van der Waals surface area contributed by atoms with Crippen LogP contribution in [0, 0.1) is 13.8 Å². The fourth-order valence-corrected chi connectivity index (χ4v) is 2.47. The Morgan fingerprint density at radius 1 is 0.957 bits per heavy atom. The van der Waals surface area contributed by atoms with Gasteiger partial charge in [-0.1, -0.05) is 32.9 Å². The lowest BCUT2D eigenvalue weighted by molar-refractivity contribution is 0.574. The number of aromatic nitrogens is 2. The van der Waals surface area contributed by atoms with Gasteiger partial charge in [0.25, 0.3) is 0 Å². The quantitative estimate of drug-likeness (QED) is 0.563. The summed E-state index contributed by atoms with van der Waals surface area (Å²) in [5.41, 5.74) is 5.09. The molecule has 118 valence electrons. The lowest BCUT2D eigenvalue weighted by Gasteiger charge is -2.15. The van der Waals surface area contributed by atoms with E-state index in [4.69, 9.17) is 4.98 Å². The highest BCUT2D eigenvalue weighted by atomic mass is 15.2. The molecular formula is C19H22N4. The van der Waals surface area contributed by atoms with E-state index in [1.54, 1.807) is 0 Å². The predicted octanol–water partition coefficient (Wildman–Crippen LogP) is 5.66. The van der Waals surface area contributed by atoms with E-state index in [9.17, 15) is 0 Å². The first-order valence-corrected chi connectivity index (χ1v) is 7.83. The molecule has 0 saturated carbocycles. The van der Waals surface area contributed by atoms with Crippen molar-refractivity contribution in [1.29, 1.82) is 0 Å². The highest BCUT2D eigenvalue weighted by Gasteiger charge is 2.23. The van der Waals surface area contributed by atoms with Gasteiger partial charge < -0.3 is 0 Å². The Labute approximate surface area is 136 Å². The van der Waals surface area contributed by atoms with E-state index < -0.39 is 0 Å². The number of benzene rings is 1. The Hall–Kier alpha value is -2.49. The normalized spacial score (nSPS) is 12.4. The average molecular weight is 306 g/mol. The van der Waals surface area contributed by atoms with Crippen LogP contribution in [0.1, 0.15) is 37.6 Å². The maximum absolute atomic E-state index is 4.74. The maximum Gasteiger partial charge on any atom is 0.183 e. The SMILES string of the molecule is Cc1ccc(N=Nc2c(C(C)(C)C)nc3ccccn23)cc1C. The van der Waals surface area contributed by atoms with Crippen LogP contribution < -0.4 is 0 Å². The summed E-state index contributed by atoms with van der Waals surface area (Å²) in [6, 6.07) is 12.1. The minimum absolute atomic E-state index is 0.0937. The molecule has 0 N–H and O–H groups in total. The van der Waals surface area contributed by atoms with Crippen LogP contribution in [0.5, 0.6) is 0 Å². The summed E-state index contributed by atoms with van der Waals surface area (Å²) in [4.78, 5) is 4.74. The Kier molecular flexibility index (Phi) is 3.76. The summed E-state index contributed by atoms with van der Waals surface area (Å²) in [7, 11) is 0. The van der Waals surface area contributed by atoms with Crippen molar-refractivity contribution in [3.63, 3.8) is 0 Å². The van der Waals surface area contributed by atoms with Crippen LogP contribution in [0.2, 0.25) is 0 Å². The van der Waals surface area contributed by atoms with Crippen molar-refractivity contribution < 1.29 is 0 Å². The maximum atomic E-state index is 4.74. The molecule has 2 heterocycles. The standard InChI is InChI=1S/C19H22N4/c1-13-9-10-15(12-14(13)2)21-22-18-17(19(3,4)5)20-16-8-6-7-11-23(16)18/h6-12H,1-5H3. The molecule has 0 spiro atoms. The molecule has 23 heavy (non-hydrogen) atoms. The molecule has 3 aromatic rings. The van der Waals surface area contributed by atoms with Crippen LogP contribution in [0.3, 0.4) is 0 Å². The van der Waals surface area contributed by atoms with Crippen molar-refractivity contribution in [1.82, 2.24) is 9.38 Å². The van der Waals surface area contributed by atoms with E-state index in [0.717, 1.165) is 22.8 Å². The van der Waals surface area contributed by atoms with E-state index in [1.165, 1.54) is 11.1 Å². The number of hydrogen-bond donors (Lipinski definition) is 0. The van der Waals surface area contributed by atoms with Crippen molar-refractivity contribution in [2.45, 2.75) is 40.0 Å². The smallest absolute Gasteiger partial charge is 0.183 e. The minimum Gasteiger partial charge on any atom is -0.283 e. The van der Waals surface area contributed by atoms with Crippen LogP contribution in [0.25, 0.3) is 5.65 Å². The third-order valence-electron chi connectivity index (χ3n) is 3.97. The van der Waals surface area contributed by atoms with Crippen molar-refractivity contribution in [3.05, 3.63) is 59.4 Å². The van der Waals surface area contributed by atoms with Crippen LogP contribution in [0.15, 0.2) is 52.8 Å². The summed E-state index contributed by atoms with van der Waals surface area (Å²) in [6.07, 6.45) is 1.98. The third-order valence-corrected chi connectivity index (χ3v) is 3.97. The predicted molar refractivity (Wildman–Crippen MR) is 94.0 cm³/mol. The van der Waals surface area contributed by atoms with E-state index in [1.807, 2.05) is 34.9 Å². The highest BCUT2D eigenvalue weighted by Crippen LogP contribution is 2.33. The molecule has 0 bridgehead atoms. The van der Waals surface area contributed by atoms with Gasteiger partial charge in [0.1, 0.15) is 5.65 Å². The molecule has 0 fully saturated rings. The Bertz CT molecular complexity index is 882. The van der Waals surface area contributed by atoms with Gasteiger partial charge >= 0.3 is 0 Å². The zero-order valence-corrected chi connectivity index (χ0v) is 14.3. The second-order valence-corrected chi connectivity index (χ2v) is 6.93. The molecule has 4 heteroatoms. The number of nitrogens with zero attached hydrogens (tertiary/aromatic N) is 4. The lowest BCUT2D eigenvalue weighted by atomic mass is 9.92. The average Bonchev–Trinajstić information content (AvgIpc) is 2.87. The monoisotopic (exact) mass is 306 g/mol. The second kappa shape index (κ2) is 5.61.